The molecule has 2 aromatic rings. The summed E-state index contributed by atoms with van der Waals surface area (Å²) < 4.78 is 28.8. The number of carbonyl (C=O) groups excluding carboxylic acids is 1. The molecule has 5 nitrogen and oxygen atoms in total. The average molecular weight is 375 g/mol. The van der Waals surface area contributed by atoms with Gasteiger partial charge in [-0.25, -0.2) is 0 Å². The first kappa shape index (κ1) is 19.1. The number of piperidine rings is 1. The first-order chi connectivity index (χ1) is 13.0. The van der Waals surface area contributed by atoms with Crippen LogP contribution in [0.1, 0.15) is 23.7 Å². The van der Waals surface area contributed by atoms with Crippen LogP contribution in [0.4, 0.5) is 20.2 Å². The lowest BCUT2D eigenvalue weighted by molar-refractivity contribution is -0.0498. The standard InChI is InChI=1S/C20H23F2N3O2/c1-13-12-23-11-10-17(13)25-19(26)16-4-2-3-5-18(16)24-14-6-8-15(9-7-14)27-20(21)22/h2-9,13,17,20,23-24H,10-12H2,1H3,(H,25,26). The van der Waals surface area contributed by atoms with Gasteiger partial charge in [-0.3, -0.25) is 4.79 Å². The summed E-state index contributed by atoms with van der Waals surface area (Å²) in [6, 6.07) is 13.5. The van der Waals surface area contributed by atoms with Crippen molar-refractivity contribution in [3.8, 4) is 5.75 Å². The van der Waals surface area contributed by atoms with E-state index in [4.69, 9.17) is 0 Å². The van der Waals surface area contributed by atoms with E-state index in [9.17, 15) is 13.6 Å². The quantitative estimate of drug-likeness (QED) is 0.719. The number of alkyl halides is 2. The van der Waals surface area contributed by atoms with Crippen LogP contribution < -0.4 is 20.7 Å². The molecule has 0 saturated carbocycles. The van der Waals surface area contributed by atoms with Crippen LogP contribution >= 0.6 is 0 Å². The number of amides is 1. The summed E-state index contributed by atoms with van der Waals surface area (Å²) >= 11 is 0. The molecule has 0 aromatic heterocycles. The molecular formula is C20H23F2N3O2. The fourth-order valence-corrected chi connectivity index (χ4v) is 3.14. The summed E-state index contributed by atoms with van der Waals surface area (Å²) in [5, 5.41) is 9.60. The highest BCUT2D eigenvalue weighted by molar-refractivity contribution is 6.00. The van der Waals surface area contributed by atoms with Crippen LogP contribution in [0.3, 0.4) is 0 Å². The second-order valence-corrected chi connectivity index (χ2v) is 6.62. The van der Waals surface area contributed by atoms with Crippen molar-refractivity contribution >= 4 is 17.3 Å². The summed E-state index contributed by atoms with van der Waals surface area (Å²) in [5.74, 6) is 0.321. The van der Waals surface area contributed by atoms with Crippen LogP contribution in [0.15, 0.2) is 48.5 Å². The molecule has 0 bridgehead atoms. The van der Waals surface area contributed by atoms with Crippen LogP contribution in [0.5, 0.6) is 5.75 Å². The molecule has 0 spiro atoms. The highest BCUT2D eigenvalue weighted by atomic mass is 19.3. The Hall–Kier alpha value is -2.67. The minimum absolute atomic E-state index is 0.0847. The van der Waals surface area contributed by atoms with Gasteiger partial charge in [0.15, 0.2) is 0 Å². The van der Waals surface area contributed by atoms with E-state index in [1.54, 1.807) is 18.2 Å². The zero-order valence-corrected chi connectivity index (χ0v) is 15.0. The maximum absolute atomic E-state index is 12.8. The van der Waals surface area contributed by atoms with Gasteiger partial charge in [-0.05, 0) is 61.8 Å². The minimum atomic E-state index is -2.86. The molecule has 0 aliphatic carbocycles. The summed E-state index contributed by atoms with van der Waals surface area (Å²) in [4.78, 5) is 12.8. The van der Waals surface area contributed by atoms with Gasteiger partial charge in [-0.2, -0.15) is 8.78 Å². The number of halogens is 2. The molecule has 1 saturated heterocycles. The van der Waals surface area contributed by atoms with Crippen molar-refractivity contribution in [2.24, 2.45) is 5.92 Å². The SMILES string of the molecule is CC1CNCCC1NC(=O)c1ccccc1Nc1ccc(OC(F)F)cc1. The number of benzene rings is 2. The molecule has 1 aliphatic heterocycles. The third-order valence-corrected chi connectivity index (χ3v) is 4.63. The fourth-order valence-electron chi connectivity index (χ4n) is 3.14. The topological polar surface area (TPSA) is 62.4 Å². The number of ether oxygens (including phenoxy) is 1. The van der Waals surface area contributed by atoms with Crippen LogP contribution in [0, 0.1) is 5.92 Å². The number of carbonyl (C=O) groups is 1. The van der Waals surface area contributed by atoms with E-state index in [1.165, 1.54) is 12.1 Å². The normalized spacial score (nSPS) is 19.6. The Morgan fingerprint density at radius 3 is 2.63 bits per heavy atom. The van der Waals surface area contributed by atoms with Crippen molar-refractivity contribution in [3.63, 3.8) is 0 Å². The van der Waals surface area contributed by atoms with Crippen LogP contribution in [-0.2, 0) is 0 Å². The lowest BCUT2D eigenvalue weighted by Gasteiger charge is -2.30. The molecule has 1 amide bonds. The highest BCUT2D eigenvalue weighted by Gasteiger charge is 2.23. The van der Waals surface area contributed by atoms with Crippen molar-refractivity contribution in [1.29, 1.82) is 0 Å². The first-order valence-electron chi connectivity index (χ1n) is 8.95. The number of hydrogen-bond donors (Lipinski definition) is 3. The Labute approximate surface area is 157 Å². The van der Waals surface area contributed by atoms with Crippen molar-refractivity contribution in [2.45, 2.75) is 26.0 Å². The second-order valence-electron chi connectivity index (χ2n) is 6.62. The maximum atomic E-state index is 12.8. The monoisotopic (exact) mass is 375 g/mol. The number of nitrogens with one attached hydrogen (secondary N) is 3. The number of anilines is 2. The molecule has 0 radical (unpaired) electrons. The summed E-state index contributed by atoms with van der Waals surface area (Å²) in [7, 11) is 0. The van der Waals surface area contributed by atoms with Gasteiger partial charge < -0.3 is 20.7 Å². The molecule has 3 rings (SSSR count). The molecule has 2 atom stereocenters. The van der Waals surface area contributed by atoms with E-state index in [-0.39, 0.29) is 17.7 Å². The maximum Gasteiger partial charge on any atom is 0.387 e. The zero-order chi connectivity index (χ0) is 19.2. The average Bonchev–Trinajstić information content (AvgIpc) is 2.65. The van der Waals surface area contributed by atoms with E-state index in [0.29, 0.717) is 22.9 Å². The van der Waals surface area contributed by atoms with Crippen molar-refractivity contribution in [1.82, 2.24) is 10.6 Å². The lowest BCUT2D eigenvalue weighted by Crippen LogP contribution is -2.48. The van der Waals surface area contributed by atoms with Gasteiger partial charge >= 0.3 is 6.61 Å². The largest absolute Gasteiger partial charge is 0.435 e. The van der Waals surface area contributed by atoms with Gasteiger partial charge in [-0.1, -0.05) is 19.1 Å². The van der Waals surface area contributed by atoms with E-state index < -0.39 is 6.61 Å². The Morgan fingerprint density at radius 2 is 1.93 bits per heavy atom. The van der Waals surface area contributed by atoms with Crippen molar-refractivity contribution < 1.29 is 18.3 Å². The third kappa shape index (κ3) is 5.17. The van der Waals surface area contributed by atoms with Crippen LogP contribution in [-0.4, -0.2) is 31.7 Å². The predicted octanol–water partition coefficient (Wildman–Crippen LogP) is 3.76. The summed E-state index contributed by atoms with van der Waals surface area (Å²) in [5.41, 5.74) is 1.86. The molecule has 2 aromatic carbocycles. The molecule has 7 heteroatoms. The van der Waals surface area contributed by atoms with Gasteiger partial charge in [0, 0.05) is 11.7 Å². The van der Waals surface area contributed by atoms with E-state index in [1.807, 2.05) is 18.2 Å². The zero-order valence-electron chi connectivity index (χ0n) is 15.0. The van der Waals surface area contributed by atoms with Crippen LogP contribution in [0.2, 0.25) is 0 Å². The number of rotatable bonds is 6. The van der Waals surface area contributed by atoms with Gasteiger partial charge in [0.2, 0.25) is 0 Å². The minimum Gasteiger partial charge on any atom is -0.435 e. The Bertz CT molecular complexity index is 768. The molecule has 144 valence electrons. The summed E-state index contributed by atoms with van der Waals surface area (Å²) in [6.45, 7) is 1.04. The molecule has 2 unspecified atom stereocenters. The molecule has 3 N–H and O–H groups in total. The lowest BCUT2D eigenvalue weighted by atomic mass is 9.95. The number of hydrogen-bond acceptors (Lipinski definition) is 4. The molecule has 1 aliphatic rings. The second kappa shape index (κ2) is 8.81. The Kier molecular flexibility index (Phi) is 6.24. The van der Waals surface area contributed by atoms with Gasteiger partial charge in [0.1, 0.15) is 5.75 Å². The predicted molar refractivity (Wildman–Crippen MR) is 101 cm³/mol. The Morgan fingerprint density at radius 1 is 1.19 bits per heavy atom. The molecule has 27 heavy (non-hydrogen) atoms. The highest BCUT2D eigenvalue weighted by Crippen LogP contribution is 2.24. The third-order valence-electron chi connectivity index (χ3n) is 4.63. The summed E-state index contributed by atoms with van der Waals surface area (Å²) in [6.07, 6.45) is 0.897. The molecule has 1 fully saturated rings. The van der Waals surface area contributed by atoms with Crippen molar-refractivity contribution in [3.05, 3.63) is 54.1 Å². The smallest absolute Gasteiger partial charge is 0.387 e. The van der Waals surface area contributed by atoms with Crippen molar-refractivity contribution in [2.75, 3.05) is 18.4 Å². The van der Waals surface area contributed by atoms with Gasteiger partial charge in [-0.15, -0.1) is 0 Å². The van der Waals surface area contributed by atoms with Gasteiger partial charge in [0.05, 0.1) is 11.3 Å². The first-order valence-corrected chi connectivity index (χ1v) is 8.95. The molecule has 1 heterocycles. The van der Waals surface area contributed by atoms with E-state index in [0.717, 1.165) is 19.5 Å². The number of para-hydroxylation sites is 1. The van der Waals surface area contributed by atoms with Crippen LogP contribution in [0.25, 0.3) is 0 Å². The fraction of sp³-hybridized carbons (Fsp3) is 0.350. The van der Waals surface area contributed by atoms with Gasteiger partial charge in [0.25, 0.3) is 5.91 Å². The van der Waals surface area contributed by atoms with E-state index >= 15 is 0 Å². The Balaban J connectivity index is 1.70. The van der Waals surface area contributed by atoms with E-state index in [2.05, 4.69) is 27.6 Å². The molecular weight excluding hydrogens is 352 g/mol.